The lowest BCUT2D eigenvalue weighted by atomic mass is 9.93. The second-order valence-electron chi connectivity index (χ2n) is 12.4. The molecule has 0 spiro atoms. The number of nitrogens with one attached hydrogen (secondary N) is 1. The van der Waals surface area contributed by atoms with Gasteiger partial charge in [0.1, 0.15) is 23.6 Å². The lowest BCUT2D eigenvalue weighted by Crippen LogP contribution is -2.47. The maximum atomic E-state index is 12.7. The molecule has 1 saturated heterocycles. The molecule has 2 amide bonds. The highest BCUT2D eigenvalue weighted by molar-refractivity contribution is 5.99. The van der Waals surface area contributed by atoms with E-state index in [-0.39, 0.29) is 23.7 Å². The van der Waals surface area contributed by atoms with Gasteiger partial charge in [0.25, 0.3) is 0 Å². The topological polar surface area (TPSA) is 148 Å². The van der Waals surface area contributed by atoms with Gasteiger partial charge in [0.05, 0.1) is 23.2 Å². The van der Waals surface area contributed by atoms with Gasteiger partial charge in [0.2, 0.25) is 11.8 Å². The van der Waals surface area contributed by atoms with Crippen LogP contribution in [0.5, 0.6) is 0 Å². The van der Waals surface area contributed by atoms with Gasteiger partial charge < -0.3 is 20.5 Å². The lowest BCUT2D eigenvalue weighted by molar-refractivity contribution is -0.130. The summed E-state index contributed by atoms with van der Waals surface area (Å²) in [5.41, 5.74) is 11.5. The van der Waals surface area contributed by atoms with E-state index in [4.69, 9.17) is 15.4 Å². The Morgan fingerprint density at radius 1 is 0.978 bits per heavy atom. The van der Waals surface area contributed by atoms with E-state index in [9.17, 15) is 9.59 Å². The first-order chi connectivity index (χ1) is 21.5. The maximum absolute atomic E-state index is 12.7. The third-order valence-corrected chi connectivity index (χ3v) is 7.98. The Labute approximate surface area is 261 Å². The van der Waals surface area contributed by atoms with E-state index < -0.39 is 0 Å². The molecule has 1 aliphatic heterocycles. The Morgan fingerprint density at radius 2 is 1.69 bits per heavy atom. The average molecular weight is 608 g/mol. The van der Waals surface area contributed by atoms with E-state index in [1.54, 1.807) is 11.6 Å². The molecule has 0 bridgehead atoms. The van der Waals surface area contributed by atoms with Gasteiger partial charge in [0.15, 0.2) is 5.65 Å². The van der Waals surface area contributed by atoms with E-state index >= 15 is 0 Å². The van der Waals surface area contributed by atoms with Crippen LogP contribution in [0.1, 0.15) is 44.7 Å². The summed E-state index contributed by atoms with van der Waals surface area (Å²) < 4.78 is 7.13. The fraction of sp³-hybridized carbons (Fsp3) is 0.333. The second kappa shape index (κ2) is 12.1. The largest absolute Gasteiger partial charge is 0.383 e. The highest BCUT2D eigenvalue weighted by Crippen LogP contribution is 2.32. The van der Waals surface area contributed by atoms with Crippen molar-refractivity contribution in [1.82, 2.24) is 34.7 Å². The Kier molecular flexibility index (Phi) is 8.07. The van der Waals surface area contributed by atoms with Gasteiger partial charge in [-0.05, 0) is 29.8 Å². The Balaban J connectivity index is 1.17. The van der Waals surface area contributed by atoms with Crippen LogP contribution in [0.4, 0.5) is 11.5 Å². The third kappa shape index (κ3) is 6.55. The number of anilines is 2. The number of nitrogens with two attached hydrogens (primary N) is 1. The van der Waals surface area contributed by atoms with Crippen molar-refractivity contribution in [2.24, 2.45) is 0 Å². The quantitative estimate of drug-likeness (QED) is 0.278. The monoisotopic (exact) mass is 607 g/mol. The molecule has 232 valence electrons. The molecule has 45 heavy (non-hydrogen) atoms. The van der Waals surface area contributed by atoms with Gasteiger partial charge in [-0.1, -0.05) is 50.2 Å². The van der Waals surface area contributed by atoms with Crippen LogP contribution in [0.15, 0.2) is 65.4 Å². The van der Waals surface area contributed by atoms with Crippen LogP contribution in [0, 0.1) is 0 Å². The number of benzene rings is 2. The molecule has 0 atom stereocenters. The van der Waals surface area contributed by atoms with E-state index in [2.05, 4.69) is 37.5 Å². The maximum Gasteiger partial charge on any atom is 0.230 e. The predicted octanol–water partition coefficient (Wildman–Crippen LogP) is 4.20. The molecule has 5 aromatic rings. The van der Waals surface area contributed by atoms with Crippen LogP contribution < -0.4 is 11.1 Å². The van der Waals surface area contributed by atoms with Gasteiger partial charge in [-0.25, -0.2) is 14.6 Å². The smallest absolute Gasteiger partial charge is 0.230 e. The van der Waals surface area contributed by atoms with Crippen LogP contribution in [0.3, 0.4) is 0 Å². The number of nitrogen functional groups attached to an aromatic ring is 1. The number of aromatic nitrogens is 5. The van der Waals surface area contributed by atoms with Crippen molar-refractivity contribution in [3.05, 3.63) is 77.9 Å². The highest BCUT2D eigenvalue weighted by atomic mass is 16.5. The van der Waals surface area contributed by atoms with Crippen LogP contribution in [0.2, 0.25) is 0 Å². The zero-order valence-electron chi connectivity index (χ0n) is 25.9. The van der Waals surface area contributed by atoms with Gasteiger partial charge in [-0.15, -0.1) is 0 Å². The molecular formula is C33H37N9O3. The van der Waals surface area contributed by atoms with Crippen LogP contribution in [-0.4, -0.2) is 72.7 Å². The zero-order chi connectivity index (χ0) is 31.7. The van der Waals surface area contributed by atoms with Crippen molar-refractivity contribution in [3.63, 3.8) is 0 Å². The highest BCUT2D eigenvalue weighted by Gasteiger charge is 2.22. The number of carbonyl (C=O) groups excluding carboxylic acids is 2. The van der Waals surface area contributed by atoms with Gasteiger partial charge in [-0.3, -0.25) is 14.5 Å². The minimum Gasteiger partial charge on any atom is -0.383 e. The molecule has 0 aliphatic carbocycles. The first kappa shape index (κ1) is 29.9. The van der Waals surface area contributed by atoms with Crippen molar-refractivity contribution in [2.75, 3.05) is 37.2 Å². The second-order valence-corrected chi connectivity index (χ2v) is 12.4. The van der Waals surface area contributed by atoms with Crippen molar-refractivity contribution >= 4 is 34.4 Å². The Morgan fingerprint density at radius 3 is 2.33 bits per heavy atom. The average Bonchev–Trinajstić information content (AvgIpc) is 3.64. The van der Waals surface area contributed by atoms with Crippen LogP contribution in [0.25, 0.3) is 28.0 Å². The molecule has 2 aromatic carbocycles. The first-order valence-corrected chi connectivity index (χ1v) is 15.0. The summed E-state index contributed by atoms with van der Waals surface area (Å²) in [4.78, 5) is 37.3. The normalized spacial score (nSPS) is 14.2. The summed E-state index contributed by atoms with van der Waals surface area (Å²) in [6.07, 6.45) is 1.54. The van der Waals surface area contributed by atoms with Gasteiger partial charge >= 0.3 is 0 Å². The van der Waals surface area contributed by atoms with Crippen LogP contribution >= 0.6 is 0 Å². The molecule has 3 N–H and O–H groups in total. The number of carbonyl (C=O) groups is 2. The van der Waals surface area contributed by atoms with Gasteiger partial charge in [-0.2, -0.15) is 5.10 Å². The van der Waals surface area contributed by atoms with Crippen molar-refractivity contribution < 1.29 is 14.1 Å². The third-order valence-electron chi connectivity index (χ3n) is 7.98. The number of amides is 2. The lowest BCUT2D eigenvalue weighted by Gasteiger charge is -2.34. The fourth-order valence-corrected chi connectivity index (χ4v) is 5.41. The minimum absolute atomic E-state index is 0.111. The number of fused-ring (bicyclic) bond motifs is 1. The number of hydrogen-bond acceptors (Lipinski definition) is 9. The molecule has 4 heterocycles. The standard InChI is InChI=1S/C33H37N9O3/c1-21(43)41-15-13-40(14-16-41)19-22-5-7-23(8-6-22)30-29-31(34)35-20-36-32(29)42(38-30)26-11-9-24(10-12-26)37-28(44)18-25-17-27(45-39-25)33(2,3)4/h5-12,17,20H,13-16,18-19H2,1-4H3,(H,37,44)(H2,34,35,36). The number of nitrogens with zero attached hydrogens (tertiary/aromatic N) is 7. The summed E-state index contributed by atoms with van der Waals surface area (Å²) in [5, 5.41) is 12.5. The molecule has 0 saturated carbocycles. The Hall–Kier alpha value is -5.10. The van der Waals surface area contributed by atoms with Crippen molar-refractivity contribution in [2.45, 2.75) is 46.1 Å². The van der Waals surface area contributed by atoms with E-state index in [0.717, 1.165) is 49.7 Å². The van der Waals surface area contributed by atoms with Crippen molar-refractivity contribution in [3.8, 4) is 16.9 Å². The molecule has 0 radical (unpaired) electrons. The summed E-state index contributed by atoms with van der Waals surface area (Å²) in [5.74, 6) is 1.03. The van der Waals surface area contributed by atoms with Crippen LogP contribution in [-0.2, 0) is 28.0 Å². The van der Waals surface area contributed by atoms with E-state index in [0.29, 0.717) is 33.9 Å². The summed E-state index contributed by atoms with van der Waals surface area (Å²) in [6.45, 7) is 11.7. The zero-order valence-corrected chi connectivity index (χ0v) is 25.9. The molecule has 3 aromatic heterocycles. The Bertz CT molecular complexity index is 1830. The molecule has 12 nitrogen and oxygen atoms in total. The molecule has 0 unspecified atom stereocenters. The molecule has 1 fully saturated rings. The molecule has 1 aliphatic rings. The first-order valence-electron chi connectivity index (χ1n) is 15.0. The minimum atomic E-state index is -0.189. The predicted molar refractivity (Wildman–Crippen MR) is 172 cm³/mol. The van der Waals surface area contributed by atoms with E-state index in [1.165, 1.54) is 11.9 Å². The molecule has 12 heteroatoms. The summed E-state index contributed by atoms with van der Waals surface area (Å²) in [6, 6.07) is 17.5. The summed E-state index contributed by atoms with van der Waals surface area (Å²) in [7, 11) is 0. The number of hydrogen-bond donors (Lipinski definition) is 2. The molecular weight excluding hydrogens is 570 g/mol. The SMILES string of the molecule is CC(=O)N1CCN(Cc2ccc(-c3nn(-c4ccc(NC(=O)Cc5cc(C(C)(C)C)on5)cc4)c4ncnc(N)c34)cc2)CC1. The van der Waals surface area contributed by atoms with Crippen molar-refractivity contribution in [1.29, 1.82) is 0 Å². The fourth-order valence-electron chi connectivity index (χ4n) is 5.41. The van der Waals surface area contributed by atoms with Gasteiger partial charge in [0, 0.05) is 62.4 Å². The molecule has 6 rings (SSSR count). The number of rotatable bonds is 7. The number of piperazine rings is 1. The summed E-state index contributed by atoms with van der Waals surface area (Å²) >= 11 is 0. The van der Waals surface area contributed by atoms with E-state index in [1.807, 2.05) is 68.1 Å².